The molecule has 3 aromatic carbocycles. The topological polar surface area (TPSA) is 127 Å². The smallest absolute Gasteiger partial charge is 0.200 e. The minimum Gasteiger partial charge on any atom is -0.506 e. The van der Waals surface area contributed by atoms with Crippen molar-refractivity contribution in [2.24, 2.45) is 0 Å². The predicted octanol–water partition coefficient (Wildman–Crippen LogP) is 3.79. The van der Waals surface area contributed by atoms with Gasteiger partial charge in [-0.05, 0) is 42.8 Å². The standard InChI is InChI=1S/C26H23FN2O5/c1-14(30)22(31)25(34)16-7-4-6-15(12-16)23(32)21(24(33)17-8-5-9-18(27)13-17)26-28-19-10-2-3-11-20(19)29-26/h2-14,22,25,30-32,34H,1H3,(H,28,29). The molecule has 174 valence electrons. The number of nitrogens with one attached hydrogen (secondary N) is 1. The summed E-state index contributed by atoms with van der Waals surface area (Å²) in [6.45, 7) is 1.34. The van der Waals surface area contributed by atoms with Crippen molar-refractivity contribution in [1.29, 1.82) is 0 Å². The summed E-state index contributed by atoms with van der Waals surface area (Å²) in [6.07, 6.45) is -4.07. The Bertz CT molecular complexity index is 1350. The number of aliphatic hydroxyl groups is 4. The number of halogens is 1. The second-order valence-corrected chi connectivity index (χ2v) is 7.97. The zero-order chi connectivity index (χ0) is 24.4. The number of carbonyl (C=O) groups excluding carboxylic acids is 1. The lowest BCUT2D eigenvalue weighted by Crippen LogP contribution is -2.29. The fraction of sp³-hybridized carbons (Fsp3) is 0.154. The number of ketones is 1. The zero-order valence-electron chi connectivity index (χ0n) is 18.2. The number of carbonyl (C=O) groups is 1. The summed E-state index contributed by atoms with van der Waals surface area (Å²) in [5, 5.41) is 41.3. The molecule has 0 amide bonds. The van der Waals surface area contributed by atoms with Gasteiger partial charge in [-0.25, -0.2) is 9.37 Å². The molecule has 1 heterocycles. The normalized spacial score (nSPS) is 15.0. The number of benzene rings is 3. The van der Waals surface area contributed by atoms with Gasteiger partial charge in [-0.15, -0.1) is 0 Å². The Morgan fingerprint density at radius 3 is 2.35 bits per heavy atom. The summed E-state index contributed by atoms with van der Waals surface area (Å²) in [5.41, 5.74) is 1.42. The van der Waals surface area contributed by atoms with Gasteiger partial charge in [-0.3, -0.25) is 4.79 Å². The Morgan fingerprint density at radius 1 is 0.941 bits per heavy atom. The van der Waals surface area contributed by atoms with Crippen molar-refractivity contribution in [3.05, 3.63) is 101 Å². The van der Waals surface area contributed by atoms with Crippen LogP contribution >= 0.6 is 0 Å². The molecule has 0 saturated heterocycles. The number of para-hydroxylation sites is 2. The van der Waals surface area contributed by atoms with Crippen molar-refractivity contribution in [2.75, 3.05) is 0 Å². The van der Waals surface area contributed by atoms with Gasteiger partial charge in [0.1, 0.15) is 35.2 Å². The molecular weight excluding hydrogens is 439 g/mol. The van der Waals surface area contributed by atoms with Crippen LogP contribution in [-0.2, 0) is 0 Å². The van der Waals surface area contributed by atoms with Gasteiger partial charge in [-0.2, -0.15) is 0 Å². The van der Waals surface area contributed by atoms with Gasteiger partial charge in [0.15, 0.2) is 0 Å². The second-order valence-electron chi connectivity index (χ2n) is 7.97. The van der Waals surface area contributed by atoms with Gasteiger partial charge in [0.2, 0.25) is 5.78 Å². The van der Waals surface area contributed by atoms with E-state index in [2.05, 4.69) is 9.97 Å². The van der Waals surface area contributed by atoms with E-state index < -0.39 is 35.7 Å². The maximum absolute atomic E-state index is 13.8. The van der Waals surface area contributed by atoms with E-state index in [1.807, 2.05) is 0 Å². The molecule has 5 N–H and O–H groups in total. The van der Waals surface area contributed by atoms with Crippen LogP contribution in [-0.4, -0.2) is 48.4 Å². The summed E-state index contributed by atoms with van der Waals surface area (Å²) in [6, 6.07) is 18.1. The number of H-pyrrole nitrogens is 1. The molecule has 3 unspecified atom stereocenters. The molecule has 0 saturated carbocycles. The number of hydrogen-bond acceptors (Lipinski definition) is 6. The molecule has 7 nitrogen and oxygen atoms in total. The van der Waals surface area contributed by atoms with Crippen LogP contribution in [0.25, 0.3) is 22.4 Å². The van der Waals surface area contributed by atoms with Crippen molar-refractivity contribution in [2.45, 2.75) is 25.2 Å². The third-order valence-corrected chi connectivity index (χ3v) is 5.50. The van der Waals surface area contributed by atoms with Crippen molar-refractivity contribution in [3.8, 4) is 0 Å². The Hall–Kier alpha value is -3.85. The number of rotatable bonds is 7. The first kappa shape index (κ1) is 23.3. The minimum absolute atomic E-state index is 0.0164. The number of nitrogens with zero attached hydrogens (tertiary/aromatic N) is 1. The highest BCUT2D eigenvalue weighted by Crippen LogP contribution is 2.30. The first-order chi connectivity index (χ1) is 16.3. The van der Waals surface area contributed by atoms with Crippen LogP contribution in [0.4, 0.5) is 4.39 Å². The lowest BCUT2D eigenvalue weighted by molar-refractivity contribution is -0.0531. The Morgan fingerprint density at radius 2 is 1.65 bits per heavy atom. The molecule has 0 aliphatic rings. The molecule has 1 aromatic heterocycles. The maximum atomic E-state index is 13.8. The SMILES string of the molecule is CC(O)C(O)C(O)c1cccc(C(O)=C(C(=O)c2cccc(F)c2)c2nc3ccccc3[nH]2)c1. The highest BCUT2D eigenvalue weighted by atomic mass is 19.1. The Balaban J connectivity index is 1.88. The van der Waals surface area contributed by atoms with Crippen LogP contribution in [0.5, 0.6) is 0 Å². The summed E-state index contributed by atoms with van der Waals surface area (Å²) < 4.78 is 13.8. The van der Waals surface area contributed by atoms with Crippen LogP contribution in [0.3, 0.4) is 0 Å². The number of aliphatic hydroxyl groups excluding tert-OH is 4. The molecule has 0 spiro atoms. The van der Waals surface area contributed by atoms with Gasteiger partial charge in [0.05, 0.1) is 17.1 Å². The quantitative estimate of drug-likeness (QED) is 0.162. The van der Waals surface area contributed by atoms with E-state index in [0.717, 1.165) is 6.07 Å². The second kappa shape index (κ2) is 9.56. The molecule has 8 heteroatoms. The van der Waals surface area contributed by atoms with Crippen LogP contribution in [0.1, 0.15) is 40.3 Å². The van der Waals surface area contributed by atoms with Gasteiger partial charge in [0, 0.05) is 11.1 Å². The van der Waals surface area contributed by atoms with Crippen molar-refractivity contribution in [3.63, 3.8) is 0 Å². The first-order valence-electron chi connectivity index (χ1n) is 10.6. The van der Waals surface area contributed by atoms with Crippen molar-refractivity contribution in [1.82, 2.24) is 9.97 Å². The van der Waals surface area contributed by atoms with Crippen molar-refractivity contribution < 1.29 is 29.6 Å². The van der Waals surface area contributed by atoms with Gasteiger partial charge in [-0.1, -0.05) is 42.5 Å². The van der Waals surface area contributed by atoms with Gasteiger partial charge >= 0.3 is 0 Å². The molecular formula is C26H23FN2O5. The van der Waals surface area contributed by atoms with E-state index in [-0.39, 0.29) is 28.1 Å². The summed E-state index contributed by atoms with van der Waals surface area (Å²) in [5.74, 6) is -1.63. The highest BCUT2D eigenvalue weighted by Gasteiger charge is 2.26. The van der Waals surface area contributed by atoms with Crippen LogP contribution < -0.4 is 0 Å². The fourth-order valence-corrected chi connectivity index (χ4v) is 3.65. The largest absolute Gasteiger partial charge is 0.506 e. The van der Waals surface area contributed by atoms with E-state index >= 15 is 0 Å². The van der Waals surface area contributed by atoms with Crippen LogP contribution in [0.15, 0.2) is 72.8 Å². The first-order valence-corrected chi connectivity index (χ1v) is 10.6. The fourth-order valence-electron chi connectivity index (χ4n) is 3.65. The maximum Gasteiger partial charge on any atom is 0.200 e. The molecule has 0 aliphatic heterocycles. The molecule has 0 aliphatic carbocycles. The molecule has 34 heavy (non-hydrogen) atoms. The summed E-state index contributed by atoms with van der Waals surface area (Å²) >= 11 is 0. The molecule has 4 rings (SSSR count). The zero-order valence-corrected chi connectivity index (χ0v) is 18.2. The van der Waals surface area contributed by atoms with E-state index in [1.54, 1.807) is 24.3 Å². The summed E-state index contributed by atoms with van der Waals surface area (Å²) in [4.78, 5) is 20.9. The Labute approximate surface area is 194 Å². The molecule has 0 bridgehead atoms. The molecule has 0 fully saturated rings. The summed E-state index contributed by atoms with van der Waals surface area (Å²) in [7, 11) is 0. The predicted molar refractivity (Wildman–Crippen MR) is 125 cm³/mol. The monoisotopic (exact) mass is 462 g/mol. The third kappa shape index (κ3) is 4.60. The van der Waals surface area contributed by atoms with Gasteiger partial charge in [0.25, 0.3) is 0 Å². The molecule has 4 aromatic rings. The average molecular weight is 462 g/mol. The van der Waals surface area contributed by atoms with Crippen molar-refractivity contribution >= 4 is 28.1 Å². The lowest BCUT2D eigenvalue weighted by Gasteiger charge is -2.21. The highest BCUT2D eigenvalue weighted by molar-refractivity contribution is 6.33. The number of fused-ring (bicyclic) bond motifs is 1. The van der Waals surface area contributed by atoms with E-state index in [1.165, 1.54) is 49.4 Å². The van der Waals surface area contributed by atoms with E-state index in [4.69, 9.17) is 0 Å². The number of hydrogen-bond donors (Lipinski definition) is 5. The van der Waals surface area contributed by atoms with E-state index in [0.29, 0.717) is 11.0 Å². The number of Topliss-reactive ketones (excluding diaryl/α,β-unsaturated/α-hetero) is 1. The van der Waals surface area contributed by atoms with Crippen LogP contribution in [0.2, 0.25) is 0 Å². The number of imidazole rings is 1. The van der Waals surface area contributed by atoms with Gasteiger partial charge < -0.3 is 25.4 Å². The number of aromatic amines is 1. The van der Waals surface area contributed by atoms with E-state index in [9.17, 15) is 29.6 Å². The molecule has 0 radical (unpaired) electrons. The Kier molecular flexibility index (Phi) is 6.56. The lowest BCUT2D eigenvalue weighted by atomic mass is 9.95. The van der Waals surface area contributed by atoms with Crippen LogP contribution in [0, 0.1) is 5.82 Å². The minimum atomic E-state index is -1.45. The average Bonchev–Trinajstić information content (AvgIpc) is 3.26. The number of aromatic nitrogens is 2. The number of allylic oxidation sites excluding steroid dienone is 1. The molecule has 3 atom stereocenters. The third-order valence-electron chi connectivity index (χ3n) is 5.50.